The first-order valence-electron chi connectivity index (χ1n) is 8.19. The number of aromatic amines is 2. The molecule has 4 aromatic rings. The van der Waals surface area contributed by atoms with Crippen LogP contribution >= 0.6 is 0 Å². The van der Waals surface area contributed by atoms with E-state index in [0.29, 0.717) is 18.8 Å². The lowest BCUT2D eigenvalue weighted by Gasteiger charge is -2.23. The van der Waals surface area contributed by atoms with Gasteiger partial charge in [-0.2, -0.15) is 5.10 Å². The number of H-pyrrole nitrogens is 2. The number of imidazole rings is 1. The number of hydrogen-bond acceptors (Lipinski definition) is 4. The average Bonchev–Trinajstić information content (AvgIpc) is 3.36. The maximum atomic E-state index is 13.1. The van der Waals surface area contributed by atoms with Crippen LogP contribution in [0.1, 0.15) is 17.9 Å². The number of fused-ring (bicyclic) bond motifs is 3. The van der Waals surface area contributed by atoms with Gasteiger partial charge in [0, 0.05) is 25.2 Å². The van der Waals surface area contributed by atoms with Crippen LogP contribution in [-0.4, -0.2) is 49.5 Å². The number of amides is 1. The Morgan fingerprint density at radius 3 is 2.88 bits per heavy atom. The Labute approximate surface area is 143 Å². The van der Waals surface area contributed by atoms with E-state index in [9.17, 15) is 4.79 Å². The lowest BCUT2D eigenvalue weighted by Crippen LogP contribution is -2.38. The van der Waals surface area contributed by atoms with Gasteiger partial charge in [-0.15, -0.1) is 0 Å². The Morgan fingerprint density at radius 1 is 1.24 bits per heavy atom. The number of para-hydroxylation sites is 1. The zero-order valence-electron chi connectivity index (χ0n) is 13.7. The fourth-order valence-electron chi connectivity index (χ4n) is 3.77. The monoisotopic (exact) mass is 332 g/mol. The molecule has 1 aliphatic rings. The first kappa shape index (κ1) is 14.2. The molecule has 1 fully saturated rings. The molecular weight excluding hydrogens is 316 g/mol. The molecular formula is C18H16N6O. The Kier molecular flexibility index (Phi) is 2.77. The van der Waals surface area contributed by atoms with Gasteiger partial charge in [-0.1, -0.05) is 18.2 Å². The molecule has 7 nitrogen and oxygen atoms in total. The number of carbonyl (C=O) groups is 1. The number of pyridine rings is 1. The van der Waals surface area contributed by atoms with Crippen molar-refractivity contribution in [2.45, 2.75) is 11.8 Å². The number of benzene rings is 1. The molecule has 124 valence electrons. The van der Waals surface area contributed by atoms with E-state index in [-0.39, 0.29) is 5.91 Å². The number of rotatable bonds is 2. The first-order chi connectivity index (χ1) is 12.2. The highest BCUT2D eigenvalue weighted by molar-refractivity contribution is 6.02. The summed E-state index contributed by atoms with van der Waals surface area (Å²) in [4.78, 5) is 27.5. The summed E-state index contributed by atoms with van der Waals surface area (Å²) in [5, 5.41) is 8.00. The summed E-state index contributed by atoms with van der Waals surface area (Å²) in [6, 6.07) is 9.73. The SMILES string of the molecule is CN1CCC(c2ccn[nH]2)(c2nc3c(cnc4ccccc43)[nH]2)C1=O. The van der Waals surface area contributed by atoms with Crippen molar-refractivity contribution in [1.82, 2.24) is 30.0 Å². The van der Waals surface area contributed by atoms with Crippen molar-refractivity contribution >= 4 is 27.8 Å². The van der Waals surface area contributed by atoms with Gasteiger partial charge in [0.2, 0.25) is 5.91 Å². The van der Waals surface area contributed by atoms with Crippen molar-refractivity contribution in [2.24, 2.45) is 0 Å². The van der Waals surface area contributed by atoms with Gasteiger partial charge in [-0.3, -0.25) is 14.9 Å². The van der Waals surface area contributed by atoms with Crippen molar-refractivity contribution in [1.29, 1.82) is 0 Å². The van der Waals surface area contributed by atoms with Crippen molar-refractivity contribution in [2.75, 3.05) is 13.6 Å². The van der Waals surface area contributed by atoms with Gasteiger partial charge in [0.25, 0.3) is 0 Å². The molecule has 0 spiro atoms. The summed E-state index contributed by atoms with van der Waals surface area (Å²) in [6.45, 7) is 0.675. The summed E-state index contributed by atoms with van der Waals surface area (Å²) in [6.07, 6.45) is 4.09. The normalized spacial score (nSPS) is 20.8. The van der Waals surface area contributed by atoms with Crippen LogP contribution in [0, 0.1) is 0 Å². The minimum Gasteiger partial charge on any atom is -0.344 e. The molecule has 1 saturated heterocycles. The highest BCUT2D eigenvalue weighted by Crippen LogP contribution is 2.40. The maximum absolute atomic E-state index is 13.1. The van der Waals surface area contributed by atoms with E-state index in [1.807, 2.05) is 37.4 Å². The van der Waals surface area contributed by atoms with Crippen LogP contribution in [0.25, 0.3) is 21.9 Å². The van der Waals surface area contributed by atoms with E-state index in [1.165, 1.54) is 0 Å². The predicted octanol–water partition coefficient (Wildman–Crippen LogP) is 1.98. The molecule has 0 bridgehead atoms. The molecule has 2 N–H and O–H groups in total. The fraction of sp³-hybridized carbons (Fsp3) is 0.222. The molecule has 1 amide bonds. The van der Waals surface area contributed by atoms with Crippen LogP contribution < -0.4 is 0 Å². The molecule has 3 aromatic heterocycles. The van der Waals surface area contributed by atoms with Gasteiger partial charge in [-0.05, 0) is 18.6 Å². The lowest BCUT2D eigenvalue weighted by atomic mass is 9.82. The smallest absolute Gasteiger partial charge is 0.242 e. The molecule has 5 rings (SSSR count). The van der Waals surface area contributed by atoms with Gasteiger partial charge in [0.05, 0.1) is 28.4 Å². The van der Waals surface area contributed by atoms with E-state index < -0.39 is 5.41 Å². The topological polar surface area (TPSA) is 90.6 Å². The second kappa shape index (κ2) is 4.89. The number of likely N-dealkylation sites (tertiary alicyclic amines) is 1. The molecule has 0 aliphatic carbocycles. The number of hydrogen-bond donors (Lipinski definition) is 2. The lowest BCUT2D eigenvalue weighted by molar-refractivity contribution is -0.130. The zero-order chi connectivity index (χ0) is 17.0. The number of aromatic nitrogens is 5. The van der Waals surface area contributed by atoms with Crippen LogP contribution in [0.4, 0.5) is 0 Å². The van der Waals surface area contributed by atoms with Crippen molar-refractivity contribution in [3.05, 3.63) is 54.2 Å². The van der Waals surface area contributed by atoms with Crippen molar-refractivity contribution in [3.63, 3.8) is 0 Å². The predicted molar refractivity (Wildman–Crippen MR) is 93.0 cm³/mol. The van der Waals surface area contributed by atoms with Crippen LogP contribution in [0.5, 0.6) is 0 Å². The quantitative estimate of drug-likeness (QED) is 0.587. The summed E-state index contributed by atoms with van der Waals surface area (Å²) in [5.41, 5.74) is 2.46. The summed E-state index contributed by atoms with van der Waals surface area (Å²) >= 11 is 0. The minimum absolute atomic E-state index is 0.0214. The molecule has 1 aromatic carbocycles. The Morgan fingerprint density at radius 2 is 2.12 bits per heavy atom. The summed E-state index contributed by atoms with van der Waals surface area (Å²) in [5.74, 6) is 0.660. The second-order valence-corrected chi connectivity index (χ2v) is 6.48. The van der Waals surface area contributed by atoms with Crippen molar-refractivity contribution < 1.29 is 4.79 Å². The minimum atomic E-state index is -0.856. The molecule has 0 saturated carbocycles. The largest absolute Gasteiger partial charge is 0.344 e. The number of nitrogens with one attached hydrogen (secondary N) is 2. The van der Waals surface area contributed by atoms with Gasteiger partial charge in [-0.25, -0.2) is 4.98 Å². The first-order valence-corrected chi connectivity index (χ1v) is 8.19. The van der Waals surface area contributed by atoms with Gasteiger partial charge < -0.3 is 9.88 Å². The average molecular weight is 332 g/mol. The van der Waals surface area contributed by atoms with Gasteiger partial charge in [0.1, 0.15) is 11.2 Å². The molecule has 1 unspecified atom stereocenters. The van der Waals surface area contributed by atoms with Crippen LogP contribution in [0.15, 0.2) is 42.7 Å². The zero-order valence-corrected chi connectivity index (χ0v) is 13.7. The third kappa shape index (κ3) is 1.80. The number of carbonyl (C=O) groups excluding carboxylic acids is 1. The van der Waals surface area contributed by atoms with Crippen molar-refractivity contribution in [3.8, 4) is 0 Å². The summed E-state index contributed by atoms with van der Waals surface area (Å²) in [7, 11) is 1.82. The molecule has 1 aliphatic heterocycles. The van der Waals surface area contributed by atoms with E-state index in [1.54, 1.807) is 17.3 Å². The highest BCUT2D eigenvalue weighted by atomic mass is 16.2. The van der Waals surface area contributed by atoms with E-state index in [0.717, 1.165) is 27.6 Å². The standard InChI is InChI=1S/C18H16N6O/c1-24-9-7-18(17(24)25,14-6-8-20-23-14)16-21-13-10-19-12-5-3-2-4-11(12)15(13)22-16/h2-6,8,10H,7,9H2,1H3,(H,20,23)(H,21,22). The van der Waals surface area contributed by atoms with E-state index in [4.69, 9.17) is 4.98 Å². The number of likely N-dealkylation sites (N-methyl/N-ethyl adjacent to an activating group) is 1. The Balaban J connectivity index is 1.81. The third-order valence-electron chi connectivity index (χ3n) is 5.12. The Hall–Kier alpha value is -3.22. The van der Waals surface area contributed by atoms with Crippen LogP contribution in [0.3, 0.4) is 0 Å². The van der Waals surface area contributed by atoms with E-state index >= 15 is 0 Å². The highest BCUT2D eigenvalue weighted by Gasteiger charge is 2.51. The third-order valence-corrected chi connectivity index (χ3v) is 5.12. The van der Waals surface area contributed by atoms with Crippen LogP contribution in [-0.2, 0) is 10.2 Å². The molecule has 25 heavy (non-hydrogen) atoms. The molecule has 4 heterocycles. The fourth-order valence-corrected chi connectivity index (χ4v) is 3.77. The number of nitrogens with zero attached hydrogens (tertiary/aromatic N) is 4. The Bertz CT molecular complexity index is 1100. The van der Waals surface area contributed by atoms with Gasteiger partial charge in [0.15, 0.2) is 0 Å². The van der Waals surface area contributed by atoms with Crippen LogP contribution in [0.2, 0.25) is 0 Å². The van der Waals surface area contributed by atoms with E-state index in [2.05, 4.69) is 20.2 Å². The molecule has 0 radical (unpaired) electrons. The second-order valence-electron chi connectivity index (χ2n) is 6.48. The maximum Gasteiger partial charge on any atom is 0.242 e. The van der Waals surface area contributed by atoms with Gasteiger partial charge >= 0.3 is 0 Å². The molecule has 1 atom stereocenters. The summed E-state index contributed by atoms with van der Waals surface area (Å²) < 4.78 is 0. The molecule has 7 heteroatoms.